The molecule has 0 saturated heterocycles. The van der Waals surface area contributed by atoms with Gasteiger partial charge in [0.15, 0.2) is 0 Å². The Labute approximate surface area is 142 Å². The third-order valence-electron chi connectivity index (χ3n) is 4.62. The summed E-state index contributed by atoms with van der Waals surface area (Å²) < 4.78 is 0. The number of hydrogen-bond acceptors (Lipinski definition) is 2. The molecular formula is C21H20N2O. The van der Waals surface area contributed by atoms with Crippen LogP contribution in [0.2, 0.25) is 0 Å². The molecular weight excluding hydrogens is 296 g/mol. The van der Waals surface area contributed by atoms with E-state index in [-0.39, 0.29) is 12.7 Å². The first-order valence-electron chi connectivity index (χ1n) is 8.16. The molecule has 2 aromatic carbocycles. The van der Waals surface area contributed by atoms with Crippen LogP contribution in [0.3, 0.4) is 0 Å². The van der Waals surface area contributed by atoms with Crippen LogP contribution >= 0.6 is 0 Å². The highest BCUT2D eigenvalue weighted by molar-refractivity contribution is 6.00. The Morgan fingerprint density at radius 2 is 1.54 bits per heavy atom. The minimum Gasteiger partial charge on any atom is -0.310 e. The number of amides is 1. The molecule has 1 amide bonds. The van der Waals surface area contributed by atoms with E-state index in [0.717, 1.165) is 29.5 Å². The molecule has 0 radical (unpaired) electrons. The van der Waals surface area contributed by atoms with Crippen molar-refractivity contribution < 1.29 is 6.22 Å². The topological polar surface area (TPSA) is 42.0 Å². The molecule has 24 heavy (non-hydrogen) atoms. The van der Waals surface area contributed by atoms with E-state index in [1.165, 1.54) is 0 Å². The van der Waals surface area contributed by atoms with E-state index in [1.54, 1.807) is 6.20 Å². The van der Waals surface area contributed by atoms with Crippen molar-refractivity contribution in [1.82, 2.24) is 4.98 Å². The normalized spacial score (nSPS) is 14.8. The van der Waals surface area contributed by atoms with E-state index < -0.39 is 0 Å². The Morgan fingerprint density at radius 3 is 2.12 bits per heavy atom. The average molecular weight is 316 g/mol. The summed E-state index contributed by atoms with van der Waals surface area (Å²) in [7, 11) is 0. The molecule has 3 nitrogen and oxygen atoms in total. The number of carbonyl (C=O) groups is 1. The second-order valence-corrected chi connectivity index (χ2v) is 6.20. The van der Waals surface area contributed by atoms with Gasteiger partial charge in [-0.15, -0.1) is 0 Å². The molecule has 0 spiro atoms. The Kier molecular flexibility index (Phi) is 3.62. The molecule has 0 aliphatic heterocycles. The van der Waals surface area contributed by atoms with Crippen LogP contribution in [0, 0.1) is 0 Å². The van der Waals surface area contributed by atoms with Gasteiger partial charge in [0.1, 0.15) is 5.82 Å². The molecule has 1 N–H and O–H groups in total. The van der Waals surface area contributed by atoms with Gasteiger partial charge < -0.3 is 5.32 Å². The zero-order valence-corrected chi connectivity index (χ0v) is 13.3. The fraction of sp³-hybridized carbons (Fsp3) is 0.143. The van der Waals surface area contributed by atoms with E-state index in [9.17, 15) is 4.79 Å². The first kappa shape index (κ1) is 14.6. The summed E-state index contributed by atoms with van der Waals surface area (Å²) in [6, 6.07) is 23.9. The van der Waals surface area contributed by atoms with Crippen molar-refractivity contribution >= 4 is 11.7 Å². The summed E-state index contributed by atoms with van der Waals surface area (Å²) >= 11 is 0. The lowest BCUT2D eigenvalue weighted by Crippen LogP contribution is -2.28. The van der Waals surface area contributed by atoms with Crippen LogP contribution in [0.4, 0.5) is 5.82 Å². The van der Waals surface area contributed by atoms with E-state index in [1.807, 2.05) is 72.8 Å². The van der Waals surface area contributed by atoms with Crippen molar-refractivity contribution in [2.45, 2.75) is 18.3 Å². The Hall–Kier alpha value is -2.94. The minimum atomic E-state index is -0.374. The molecule has 1 fully saturated rings. The van der Waals surface area contributed by atoms with Crippen molar-refractivity contribution in [3.05, 3.63) is 84.6 Å². The molecule has 1 aliphatic rings. The molecule has 0 atom stereocenters. The molecule has 0 unspecified atom stereocenters. The number of carbonyl (C=O) groups excluding carboxylic acids is 1. The van der Waals surface area contributed by atoms with Crippen LogP contribution in [0.5, 0.6) is 0 Å². The lowest BCUT2D eigenvalue weighted by Gasteiger charge is -2.15. The molecule has 3 heteroatoms. The van der Waals surface area contributed by atoms with Gasteiger partial charge in [0, 0.05) is 13.2 Å². The van der Waals surface area contributed by atoms with Crippen LogP contribution in [0.1, 0.15) is 19.8 Å². The van der Waals surface area contributed by atoms with Crippen LogP contribution < -0.4 is 5.32 Å². The minimum absolute atomic E-state index is 0. The lowest BCUT2D eigenvalue weighted by atomic mass is 9.95. The largest absolute Gasteiger partial charge is 0.310 e. The van der Waals surface area contributed by atoms with E-state index in [0.29, 0.717) is 5.82 Å². The monoisotopic (exact) mass is 316 g/mol. The van der Waals surface area contributed by atoms with Crippen molar-refractivity contribution in [2.75, 3.05) is 5.32 Å². The van der Waals surface area contributed by atoms with Crippen molar-refractivity contribution in [3.63, 3.8) is 0 Å². The summed E-state index contributed by atoms with van der Waals surface area (Å²) in [6.45, 7) is 0. The molecule has 1 aliphatic carbocycles. The Bertz CT molecular complexity index is 844. The van der Waals surface area contributed by atoms with Crippen LogP contribution in [0.15, 0.2) is 79.0 Å². The van der Waals surface area contributed by atoms with Crippen molar-refractivity contribution in [3.8, 4) is 11.1 Å². The lowest BCUT2D eigenvalue weighted by molar-refractivity contribution is -0.118. The zero-order chi connectivity index (χ0) is 16.4. The van der Waals surface area contributed by atoms with E-state index >= 15 is 0 Å². The predicted octanol–water partition coefficient (Wildman–Crippen LogP) is 4.66. The SMILES string of the molecule is O=C(Nc1ccc(-c2ccccc2)cn1)C1(c2ccccc2)CC1.[HH]. The quantitative estimate of drug-likeness (QED) is 0.760. The maximum atomic E-state index is 12.7. The van der Waals surface area contributed by atoms with Crippen molar-refractivity contribution in [2.24, 2.45) is 0 Å². The second-order valence-electron chi connectivity index (χ2n) is 6.20. The molecule has 0 bridgehead atoms. The van der Waals surface area contributed by atoms with E-state index in [2.05, 4.69) is 10.3 Å². The van der Waals surface area contributed by atoms with Gasteiger partial charge in [-0.05, 0) is 36.1 Å². The molecule has 1 aromatic heterocycles. The smallest absolute Gasteiger partial charge is 0.236 e. The highest BCUT2D eigenvalue weighted by atomic mass is 16.2. The first-order valence-corrected chi connectivity index (χ1v) is 8.16. The van der Waals surface area contributed by atoms with Gasteiger partial charge in [0.2, 0.25) is 5.91 Å². The standard InChI is InChI=1S/C21H18N2O.H2/c24-20(21(13-14-21)18-9-5-2-6-10-18)23-19-12-11-17(15-22-19)16-7-3-1-4-8-16;/h1-12,15H,13-14H2,(H,22,23,24);1H. The number of pyridine rings is 1. The van der Waals surface area contributed by atoms with Gasteiger partial charge in [-0.3, -0.25) is 4.79 Å². The fourth-order valence-corrected chi connectivity index (χ4v) is 3.03. The molecule has 1 saturated carbocycles. The maximum absolute atomic E-state index is 12.7. The summed E-state index contributed by atoms with van der Waals surface area (Å²) in [5, 5.41) is 2.97. The number of nitrogens with zero attached hydrogens (tertiary/aromatic N) is 1. The van der Waals surface area contributed by atoms with Crippen molar-refractivity contribution in [1.29, 1.82) is 0 Å². The fourth-order valence-electron chi connectivity index (χ4n) is 3.03. The number of nitrogens with one attached hydrogen (secondary N) is 1. The third kappa shape index (κ3) is 2.69. The number of aromatic nitrogens is 1. The summed E-state index contributed by atoms with van der Waals surface area (Å²) in [5.74, 6) is 0.635. The highest BCUT2D eigenvalue weighted by Gasteiger charge is 2.51. The number of anilines is 1. The number of hydrogen-bond donors (Lipinski definition) is 1. The van der Waals surface area contributed by atoms with Crippen LogP contribution in [0.25, 0.3) is 11.1 Å². The average Bonchev–Trinajstić information content (AvgIpc) is 3.46. The van der Waals surface area contributed by atoms with Gasteiger partial charge >= 0.3 is 0 Å². The molecule has 3 aromatic rings. The van der Waals surface area contributed by atoms with Crippen LogP contribution in [-0.4, -0.2) is 10.9 Å². The zero-order valence-electron chi connectivity index (χ0n) is 13.3. The van der Waals surface area contributed by atoms with Crippen LogP contribution in [-0.2, 0) is 10.2 Å². The van der Waals surface area contributed by atoms with Gasteiger partial charge in [-0.25, -0.2) is 4.98 Å². The predicted molar refractivity (Wildman–Crippen MR) is 97.8 cm³/mol. The van der Waals surface area contributed by atoms with Gasteiger partial charge in [0.25, 0.3) is 0 Å². The molecule has 4 rings (SSSR count). The maximum Gasteiger partial charge on any atom is 0.236 e. The summed E-state index contributed by atoms with van der Waals surface area (Å²) in [5.41, 5.74) is 2.87. The van der Waals surface area contributed by atoms with Gasteiger partial charge in [-0.2, -0.15) is 0 Å². The summed E-state index contributed by atoms with van der Waals surface area (Å²) in [6.07, 6.45) is 3.59. The third-order valence-corrected chi connectivity index (χ3v) is 4.62. The highest BCUT2D eigenvalue weighted by Crippen LogP contribution is 2.48. The number of rotatable bonds is 4. The number of benzene rings is 2. The molecule has 1 heterocycles. The van der Waals surface area contributed by atoms with Gasteiger partial charge in [-0.1, -0.05) is 60.7 Å². The Morgan fingerprint density at radius 1 is 0.875 bits per heavy atom. The first-order chi connectivity index (χ1) is 11.8. The van der Waals surface area contributed by atoms with E-state index in [4.69, 9.17) is 0 Å². The summed E-state index contributed by atoms with van der Waals surface area (Å²) in [4.78, 5) is 17.1. The Balaban J connectivity index is 0.00000182. The second kappa shape index (κ2) is 5.93. The van der Waals surface area contributed by atoms with Gasteiger partial charge in [0.05, 0.1) is 5.41 Å². The molecule has 120 valence electrons.